The van der Waals surface area contributed by atoms with E-state index in [1.807, 2.05) is 4.98 Å². The Morgan fingerprint density at radius 1 is 1.56 bits per heavy atom. The molecule has 1 amide bonds. The van der Waals surface area contributed by atoms with Crippen LogP contribution in [0.2, 0.25) is 0 Å². The molecule has 0 saturated carbocycles. The molecule has 0 bridgehead atoms. The van der Waals surface area contributed by atoms with Gasteiger partial charge in [0.2, 0.25) is 0 Å². The molecule has 1 heterocycles. The van der Waals surface area contributed by atoms with Crippen LogP contribution < -0.4 is 11.2 Å². The first kappa shape index (κ1) is 11.8. The van der Waals surface area contributed by atoms with Gasteiger partial charge in [-0.15, -0.1) is 6.42 Å². The lowest BCUT2D eigenvalue weighted by Gasteiger charge is -2.16. The standard InChI is InChI=1S/C10H11N3O3/c1-3-5-13(4-2)9(15)7-6-11-10(16)12-8(7)14/h1,6H,4-5H2,2H3,(H2,11,12,14,16). The summed E-state index contributed by atoms with van der Waals surface area (Å²) >= 11 is 0. The van der Waals surface area contributed by atoms with Crippen molar-refractivity contribution in [1.82, 2.24) is 14.9 Å². The molecule has 0 saturated heterocycles. The number of carbonyl (C=O) groups is 1. The number of aromatic nitrogens is 2. The lowest BCUT2D eigenvalue weighted by atomic mass is 10.3. The molecule has 1 aromatic heterocycles. The third-order valence-corrected chi connectivity index (χ3v) is 2.00. The van der Waals surface area contributed by atoms with E-state index in [-0.39, 0.29) is 12.1 Å². The van der Waals surface area contributed by atoms with Crippen molar-refractivity contribution in [3.05, 3.63) is 32.6 Å². The van der Waals surface area contributed by atoms with Gasteiger partial charge in [0.1, 0.15) is 5.56 Å². The smallest absolute Gasteiger partial charge is 0.325 e. The molecule has 0 spiro atoms. The fraction of sp³-hybridized carbons (Fsp3) is 0.300. The van der Waals surface area contributed by atoms with E-state index >= 15 is 0 Å². The number of terminal acetylenes is 1. The number of hydrogen-bond donors (Lipinski definition) is 2. The minimum absolute atomic E-state index is 0.119. The minimum atomic E-state index is -0.718. The van der Waals surface area contributed by atoms with Crippen molar-refractivity contribution in [2.75, 3.05) is 13.1 Å². The summed E-state index contributed by atoms with van der Waals surface area (Å²) in [6, 6.07) is 0. The van der Waals surface area contributed by atoms with Crippen molar-refractivity contribution >= 4 is 5.91 Å². The molecule has 0 aliphatic heterocycles. The number of nitrogens with zero attached hydrogens (tertiary/aromatic N) is 1. The summed E-state index contributed by atoms with van der Waals surface area (Å²) in [7, 11) is 0. The highest BCUT2D eigenvalue weighted by atomic mass is 16.2. The predicted octanol–water partition coefficient (Wildman–Crippen LogP) is -0.841. The Morgan fingerprint density at radius 3 is 2.75 bits per heavy atom. The molecule has 84 valence electrons. The minimum Gasteiger partial charge on any atom is -0.328 e. The summed E-state index contributed by atoms with van der Waals surface area (Å²) in [6.07, 6.45) is 6.18. The zero-order chi connectivity index (χ0) is 12.1. The van der Waals surface area contributed by atoms with E-state index in [0.717, 1.165) is 6.20 Å². The summed E-state index contributed by atoms with van der Waals surface area (Å²) in [5, 5.41) is 0. The van der Waals surface area contributed by atoms with Crippen LogP contribution in [0.4, 0.5) is 0 Å². The molecule has 0 aliphatic rings. The van der Waals surface area contributed by atoms with Gasteiger partial charge in [0.05, 0.1) is 6.54 Å². The first-order valence-corrected chi connectivity index (χ1v) is 4.65. The van der Waals surface area contributed by atoms with Crippen molar-refractivity contribution in [1.29, 1.82) is 0 Å². The van der Waals surface area contributed by atoms with Crippen LogP contribution in [0.25, 0.3) is 0 Å². The van der Waals surface area contributed by atoms with Gasteiger partial charge in [0.25, 0.3) is 11.5 Å². The van der Waals surface area contributed by atoms with Crippen LogP contribution in [0.3, 0.4) is 0 Å². The highest BCUT2D eigenvalue weighted by Gasteiger charge is 2.16. The van der Waals surface area contributed by atoms with Gasteiger partial charge in [0.15, 0.2) is 0 Å². The predicted molar refractivity (Wildman–Crippen MR) is 58.1 cm³/mol. The third-order valence-electron chi connectivity index (χ3n) is 2.00. The van der Waals surface area contributed by atoms with Gasteiger partial charge in [-0.1, -0.05) is 5.92 Å². The molecule has 16 heavy (non-hydrogen) atoms. The monoisotopic (exact) mass is 221 g/mol. The SMILES string of the molecule is C#CCN(CC)C(=O)c1c[nH]c(=O)[nH]c1=O. The van der Waals surface area contributed by atoms with Gasteiger partial charge in [0, 0.05) is 12.7 Å². The van der Waals surface area contributed by atoms with E-state index in [2.05, 4.69) is 10.9 Å². The van der Waals surface area contributed by atoms with E-state index < -0.39 is 17.2 Å². The van der Waals surface area contributed by atoms with Crippen LogP contribution in [0.1, 0.15) is 17.3 Å². The summed E-state index contributed by atoms with van der Waals surface area (Å²) < 4.78 is 0. The summed E-state index contributed by atoms with van der Waals surface area (Å²) in [5.74, 6) is 1.82. The Hall–Kier alpha value is -2.29. The molecule has 6 heteroatoms. The van der Waals surface area contributed by atoms with Gasteiger partial charge in [-0.2, -0.15) is 0 Å². The topological polar surface area (TPSA) is 86.0 Å². The largest absolute Gasteiger partial charge is 0.328 e. The number of amides is 1. The summed E-state index contributed by atoms with van der Waals surface area (Å²) in [6.45, 7) is 2.25. The Kier molecular flexibility index (Phi) is 3.67. The summed E-state index contributed by atoms with van der Waals surface area (Å²) in [5.41, 5.74) is -1.50. The van der Waals surface area contributed by atoms with Crippen molar-refractivity contribution in [2.24, 2.45) is 0 Å². The molecule has 0 aromatic carbocycles. The van der Waals surface area contributed by atoms with E-state index in [1.54, 1.807) is 6.92 Å². The third kappa shape index (κ3) is 2.39. The second-order valence-electron chi connectivity index (χ2n) is 3.01. The van der Waals surface area contributed by atoms with E-state index in [0.29, 0.717) is 6.54 Å². The van der Waals surface area contributed by atoms with Crippen molar-refractivity contribution in [3.8, 4) is 12.3 Å². The number of hydrogen-bond acceptors (Lipinski definition) is 3. The molecule has 1 aromatic rings. The Balaban J connectivity index is 3.10. The normalized spacial score (nSPS) is 9.50. The Morgan fingerprint density at radius 2 is 2.25 bits per heavy atom. The van der Waals surface area contributed by atoms with Crippen molar-refractivity contribution < 1.29 is 4.79 Å². The second kappa shape index (κ2) is 4.98. The quantitative estimate of drug-likeness (QED) is 0.652. The van der Waals surface area contributed by atoms with Crippen LogP contribution in [0.15, 0.2) is 15.8 Å². The second-order valence-corrected chi connectivity index (χ2v) is 3.01. The van der Waals surface area contributed by atoms with Gasteiger partial charge >= 0.3 is 5.69 Å². The van der Waals surface area contributed by atoms with Crippen LogP contribution in [-0.4, -0.2) is 33.9 Å². The summed E-state index contributed by atoms with van der Waals surface area (Å²) in [4.78, 5) is 39.4. The maximum atomic E-state index is 11.8. The molecule has 0 fully saturated rings. The molecule has 0 radical (unpaired) electrons. The Labute approximate surface area is 91.3 Å². The lowest BCUT2D eigenvalue weighted by Crippen LogP contribution is -2.37. The molecule has 2 N–H and O–H groups in total. The number of rotatable bonds is 3. The van der Waals surface area contributed by atoms with E-state index in [9.17, 15) is 14.4 Å². The number of nitrogens with one attached hydrogen (secondary N) is 2. The zero-order valence-electron chi connectivity index (χ0n) is 8.74. The van der Waals surface area contributed by atoms with Crippen molar-refractivity contribution in [2.45, 2.75) is 6.92 Å². The molecule has 0 unspecified atom stereocenters. The van der Waals surface area contributed by atoms with Gasteiger partial charge in [-0.05, 0) is 6.92 Å². The molecule has 1 rings (SSSR count). The molecule has 6 nitrogen and oxygen atoms in total. The Bertz CT molecular complexity index is 535. The van der Waals surface area contributed by atoms with Crippen LogP contribution in [0.5, 0.6) is 0 Å². The molecule has 0 aliphatic carbocycles. The van der Waals surface area contributed by atoms with Crippen LogP contribution in [-0.2, 0) is 0 Å². The average molecular weight is 221 g/mol. The molecular weight excluding hydrogens is 210 g/mol. The first-order chi connectivity index (χ1) is 7.60. The molecule has 0 atom stereocenters. The number of carbonyl (C=O) groups excluding carboxylic acids is 1. The first-order valence-electron chi connectivity index (χ1n) is 4.65. The van der Waals surface area contributed by atoms with Gasteiger partial charge in [-0.3, -0.25) is 14.6 Å². The zero-order valence-corrected chi connectivity index (χ0v) is 8.74. The number of H-pyrrole nitrogens is 2. The van der Waals surface area contributed by atoms with E-state index in [1.165, 1.54) is 4.90 Å². The maximum absolute atomic E-state index is 11.8. The van der Waals surface area contributed by atoms with Crippen molar-refractivity contribution in [3.63, 3.8) is 0 Å². The fourth-order valence-electron chi connectivity index (χ4n) is 1.18. The molecular formula is C10H11N3O3. The maximum Gasteiger partial charge on any atom is 0.325 e. The van der Waals surface area contributed by atoms with Gasteiger partial charge < -0.3 is 9.88 Å². The van der Waals surface area contributed by atoms with Gasteiger partial charge in [-0.25, -0.2) is 4.79 Å². The highest BCUT2D eigenvalue weighted by molar-refractivity contribution is 5.93. The number of aromatic amines is 2. The van der Waals surface area contributed by atoms with E-state index in [4.69, 9.17) is 6.42 Å². The average Bonchev–Trinajstić information content (AvgIpc) is 2.25. The van der Waals surface area contributed by atoms with Crippen LogP contribution >= 0.6 is 0 Å². The fourth-order valence-corrected chi connectivity index (χ4v) is 1.18. The van der Waals surface area contributed by atoms with Crippen LogP contribution in [0, 0.1) is 12.3 Å². The highest BCUT2D eigenvalue weighted by Crippen LogP contribution is 1.96. The lowest BCUT2D eigenvalue weighted by molar-refractivity contribution is 0.0782.